The summed E-state index contributed by atoms with van der Waals surface area (Å²) >= 11 is 1.55. The van der Waals surface area contributed by atoms with Gasteiger partial charge in [-0.05, 0) is 54.8 Å². The van der Waals surface area contributed by atoms with Crippen LogP contribution >= 0.6 is 11.3 Å². The van der Waals surface area contributed by atoms with Crippen molar-refractivity contribution in [3.8, 4) is 10.8 Å². The summed E-state index contributed by atoms with van der Waals surface area (Å²) in [5, 5.41) is 3.87. The number of para-hydroxylation sites is 1. The van der Waals surface area contributed by atoms with Gasteiger partial charge in [-0.15, -0.1) is 11.3 Å². The van der Waals surface area contributed by atoms with Crippen LogP contribution in [0.25, 0.3) is 21.0 Å². The number of carbonyl (C=O) groups excluding carboxylic acids is 1. The van der Waals surface area contributed by atoms with Gasteiger partial charge in [0.15, 0.2) is 16.5 Å². The van der Waals surface area contributed by atoms with Gasteiger partial charge in [0.05, 0.1) is 10.2 Å². The van der Waals surface area contributed by atoms with Gasteiger partial charge in [0.2, 0.25) is 0 Å². The van der Waals surface area contributed by atoms with E-state index in [-0.39, 0.29) is 17.8 Å². The summed E-state index contributed by atoms with van der Waals surface area (Å²) in [5.74, 6) is 0.516. The van der Waals surface area contributed by atoms with Crippen LogP contribution in [0.4, 0.5) is 4.39 Å². The molecule has 158 valence electrons. The Hall–Kier alpha value is -3.03. The minimum Gasteiger partial charge on any atom is -0.448 e. The first kappa shape index (κ1) is 19.9. The lowest BCUT2D eigenvalue weighted by molar-refractivity contribution is 0.0882. The third kappa shape index (κ3) is 4.52. The molecular weight excluding hydrogens is 413 g/mol. The van der Waals surface area contributed by atoms with Crippen molar-refractivity contribution in [1.29, 1.82) is 0 Å². The Kier molecular flexibility index (Phi) is 5.53. The first-order valence-corrected chi connectivity index (χ1v) is 11.2. The number of hydrogen-bond donors (Lipinski definition) is 1. The van der Waals surface area contributed by atoms with Gasteiger partial charge in [-0.25, -0.2) is 9.37 Å². The third-order valence-corrected chi connectivity index (χ3v) is 6.63. The van der Waals surface area contributed by atoms with Gasteiger partial charge in [0.25, 0.3) is 5.91 Å². The minimum atomic E-state index is -0.214. The number of hydrogen-bond acceptors (Lipinski definition) is 5. The first-order chi connectivity index (χ1) is 15.1. The van der Waals surface area contributed by atoms with Crippen LogP contribution in [-0.4, -0.2) is 34.9 Å². The highest BCUT2D eigenvalue weighted by Gasteiger charge is 2.23. The van der Waals surface area contributed by atoms with Gasteiger partial charge in [-0.3, -0.25) is 9.69 Å². The number of halogens is 1. The van der Waals surface area contributed by atoms with Crippen LogP contribution in [0.2, 0.25) is 0 Å². The predicted octanol–water partition coefficient (Wildman–Crippen LogP) is 5.09. The van der Waals surface area contributed by atoms with Crippen LogP contribution in [0.3, 0.4) is 0 Å². The van der Waals surface area contributed by atoms with E-state index in [0.29, 0.717) is 11.5 Å². The SMILES string of the molecule is O=C(NC1CCN(Cc2ccc(F)cc2)CC1)c1ccc(-c2nc3ccccc3s2)o1. The molecule has 5 nitrogen and oxygen atoms in total. The number of likely N-dealkylation sites (tertiary alicyclic amines) is 1. The van der Waals surface area contributed by atoms with Crippen molar-refractivity contribution in [3.63, 3.8) is 0 Å². The molecule has 1 N–H and O–H groups in total. The second-order valence-electron chi connectivity index (χ2n) is 7.80. The number of thiazole rings is 1. The minimum absolute atomic E-state index is 0.118. The largest absolute Gasteiger partial charge is 0.448 e. The number of fused-ring (bicyclic) bond motifs is 1. The lowest BCUT2D eigenvalue weighted by Crippen LogP contribution is -2.44. The van der Waals surface area contributed by atoms with Crippen LogP contribution in [0.15, 0.2) is 65.1 Å². The van der Waals surface area contributed by atoms with E-state index in [0.717, 1.165) is 53.3 Å². The van der Waals surface area contributed by atoms with Crippen molar-refractivity contribution >= 4 is 27.5 Å². The van der Waals surface area contributed by atoms with Gasteiger partial charge < -0.3 is 9.73 Å². The number of nitrogens with zero attached hydrogens (tertiary/aromatic N) is 2. The number of benzene rings is 2. The average Bonchev–Trinajstić information content (AvgIpc) is 3.44. The standard InChI is InChI=1S/C24H22FN3O2S/c25-17-7-5-16(6-8-17)15-28-13-11-18(12-14-28)26-23(29)20-9-10-21(30-20)24-27-19-3-1-2-4-22(19)31-24/h1-10,18H,11-15H2,(H,26,29). The molecule has 31 heavy (non-hydrogen) atoms. The van der Waals surface area contributed by atoms with Gasteiger partial charge in [-0.1, -0.05) is 24.3 Å². The zero-order valence-corrected chi connectivity index (χ0v) is 17.7. The molecule has 2 aromatic carbocycles. The molecule has 0 spiro atoms. The maximum atomic E-state index is 13.1. The van der Waals surface area contributed by atoms with Gasteiger partial charge >= 0.3 is 0 Å². The maximum absolute atomic E-state index is 13.1. The number of piperidine rings is 1. The molecule has 0 aliphatic carbocycles. The van der Waals surface area contributed by atoms with E-state index in [1.807, 2.05) is 36.4 Å². The predicted molar refractivity (Wildman–Crippen MR) is 119 cm³/mol. The van der Waals surface area contributed by atoms with E-state index in [1.54, 1.807) is 23.5 Å². The van der Waals surface area contributed by atoms with Crippen molar-refractivity contribution in [1.82, 2.24) is 15.2 Å². The molecule has 1 aliphatic rings. The van der Waals surface area contributed by atoms with Crippen LogP contribution in [0, 0.1) is 5.82 Å². The number of aromatic nitrogens is 1. The third-order valence-electron chi connectivity index (χ3n) is 5.58. The number of furan rings is 1. The summed E-state index contributed by atoms with van der Waals surface area (Å²) in [4.78, 5) is 19.6. The average molecular weight is 436 g/mol. The van der Waals surface area contributed by atoms with Crippen molar-refractivity contribution in [2.24, 2.45) is 0 Å². The molecule has 0 atom stereocenters. The summed E-state index contributed by atoms with van der Waals surface area (Å²) in [6, 6.07) is 18.2. The Balaban J connectivity index is 1.16. The topological polar surface area (TPSA) is 58.4 Å². The van der Waals surface area contributed by atoms with E-state index in [2.05, 4.69) is 15.2 Å². The Labute approximate surface area is 183 Å². The number of rotatable bonds is 5. The monoisotopic (exact) mass is 435 g/mol. The summed E-state index contributed by atoms with van der Waals surface area (Å²) in [7, 11) is 0. The van der Waals surface area contributed by atoms with E-state index in [9.17, 15) is 9.18 Å². The summed E-state index contributed by atoms with van der Waals surface area (Å²) in [6.45, 7) is 2.57. The fourth-order valence-electron chi connectivity index (χ4n) is 3.89. The van der Waals surface area contributed by atoms with Gasteiger partial charge in [0.1, 0.15) is 5.82 Å². The fraction of sp³-hybridized carbons (Fsp3) is 0.250. The van der Waals surface area contributed by atoms with Crippen LogP contribution < -0.4 is 5.32 Å². The molecule has 0 unspecified atom stereocenters. The highest BCUT2D eigenvalue weighted by Crippen LogP contribution is 2.31. The molecule has 7 heteroatoms. The molecule has 3 heterocycles. The number of amides is 1. The Morgan fingerprint density at radius 1 is 1.10 bits per heavy atom. The lowest BCUT2D eigenvalue weighted by Gasteiger charge is -2.32. The van der Waals surface area contributed by atoms with E-state index in [1.165, 1.54) is 12.1 Å². The molecule has 4 aromatic rings. The lowest BCUT2D eigenvalue weighted by atomic mass is 10.0. The second kappa shape index (κ2) is 8.61. The molecule has 0 bridgehead atoms. The van der Waals surface area contributed by atoms with Crippen molar-refractivity contribution in [3.05, 3.63) is 77.8 Å². The fourth-order valence-corrected chi connectivity index (χ4v) is 4.82. The Morgan fingerprint density at radius 2 is 1.87 bits per heavy atom. The Bertz CT molecular complexity index is 1160. The van der Waals surface area contributed by atoms with Gasteiger partial charge in [-0.2, -0.15) is 0 Å². The molecule has 0 radical (unpaired) electrons. The van der Waals surface area contributed by atoms with Crippen molar-refractivity contribution in [2.75, 3.05) is 13.1 Å². The van der Waals surface area contributed by atoms with Crippen LogP contribution in [0.5, 0.6) is 0 Å². The summed E-state index contributed by atoms with van der Waals surface area (Å²) < 4.78 is 20.0. The zero-order chi connectivity index (χ0) is 21.2. The highest BCUT2D eigenvalue weighted by molar-refractivity contribution is 7.21. The summed E-state index contributed by atoms with van der Waals surface area (Å²) in [5.41, 5.74) is 2.03. The van der Waals surface area contributed by atoms with E-state index in [4.69, 9.17) is 4.42 Å². The second-order valence-corrected chi connectivity index (χ2v) is 8.83. The zero-order valence-electron chi connectivity index (χ0n) is 16.9. The molecule has 5 rings (SSSR count). The van der Waals surface area contributed by atoms with Crippen molar-refractivity contribution in [2.45, 2.75) is 25.4 Å². The number of carbonyl (C=O) groups is 1. The quantitative estimate of drug-likeness (QED) is 0.474. The van der Waals surface area contributed by atoms with Crippen LogP contribution in [0.1, 0.15) is 29.0 Å². The van der Waals surface area contributed by atoms with E-state index >= 15 is 0 Å². The van der Waals surface area contributed by atoms with Crippen molar-refractivity contribution < 1.29 is 13.6 Å². The number of nitrogens with one attached hydrogen (secondary N) is 1. The van der Waals surface area contributed by atoms with Gasteiger partial charge in [0, 0.05) is 25.7 Å². The first-order valence-electron chi connectivity index (χ1n) is 10.4. The molecule has 1 fully saturated rings. The molecule has 0 saturated carbocycles. The molecule has 1 aliphatic heterocycles. The molecular formula is C24H22FN3O2S. The maximum Gasteiger partial charge on any atom is 0.287 e. The molecule has 1 saturated heterocycles. The molecule has 2 aromatic heterocycles. The van der Waals surface area contributed by atoms with E-state index < -0.39 is 0 Å². The smallest absolute Gasteiger partial charge is 0.287 e. The highest BCUT2D eigenvalue weighted by atomic mass is 32.1. The van der Waals surface area contributed by atoms with Crippen LogP contribution in [-0.2, 0) is 6.54 Å². The normalized spacial score (nSPS) is 15.4. The summed E-state index contributed by atoms with van der Waals surface area (Å²) in [6.07, 6.45) is 1.75. The molecule has 1 amide bonds. The Morgan fingerprint density at radius 3 is 2.65 bits per heavy atom.